The van der Waals surface area contributed by atoms with Gasteiger partial charge in [0.25, 0.3) is 0 Å². The molecule has 682 valence electrons. The summed E-state index contributed by atoms with van der Waals surface area (Å²) in [5, 5.41) is 20.2. The highest BCUT2D eigenvalue weighted by atomic mass is 19.4. The van der Waals surface area contributed by atoms with E-state index in [0.717, 1.165) is 46.0 Å². The first-order chi connectivity index (χ1) is 62.6. The fraction of sp³-hybridized carbons (Fsp3) is 0.170. The summed E-state index contributed by atoms with van der Waals surface area (Å²) in [5.41, 5.74) is -13.9. The van der Waals surface area contributed by atoms with E-state index in [1.807, 2.05) is 9.80 Å². The average molecular weight is 1860 g/mol. The summed E-state index contributed by atoms with van der Waals surface area (Å²) in [6.45, 7) is -8.86. The number of alkyl halides is 18. The van der Waals surface area contributed by atoms with E-state index in [1.54, 1.807) is 170 Å². The monoisotopic (exact) mass is 1850 g/mol. The van der Waals surface area contributed by atoms with Crippen LogP contribution >= 0.6 is 0 Å². The Morgan fingerprint density at radius 3 is 0.765 bits per heavy atom. The molecule has 0 radical (unpaired) electrons. The third-order valence-electron chi connectivity index (χ3n) is 20.8. The number of fused-ring (bicyclic) bond motifs is 2. The first-order valence-corrected chi connectivity index (χ1v) is 39.2. The van der Waals surface area contributed by atoms with E-state index in [0.29, 0.717) is 70.5 Å². The van der Waals surface area contributed by atoms with Crippen LogP contribution in [0.2, 0.25) is 0 Å². The van der Waals surface area contributed by atoms with Crippen LogP contribution in [0, 0.1) is 45.7 Å². The van der Waals surface area contributed by atoms with Crippen LogP contribution in [0.3, 0.4) is 0 Å². The Balaban J connectivity index is 1.000. The highest BCUT2D eigenvalue weighted by molar-refractivity contribution is 6.16. The second kappa shape index (κ2) is 36.7. The van der Waals surface area contributed by atoms with E-state index >= 15 is 26.3 Å². The molecule has 15 aromatic rings. The largest absolute Gasteiger partial charge is 0.493 e. The number of hydrogen-bond donors (Lipinski definition) is 0. The molecular weight excluding hydrogens is 1790 g/mol. The van der Waals surface area contributed by atoms with Crippen LogP contribution in [0.1, 0.15) is 33.4 Å². The van der Waals surface area contributed by atoms with E-state index in [-0.39, 0.29) is 80.7 Å². The van der Waals surface area contributed by atoms with Crippen molar-refractivity contribution in [1.82, 2.24) is 25.2 Å². The molecule has 13 aromatic carbocycles. The average Bonchev–Trinajstić information content (AvgIpc) is 1.57. The molecule has 2 heterocycles. The van der Waals surface area contributed by atoms with Gasteiger partial charge in [0.05, 0.1) is 45.3 Å². The van der Waals surface area contributed by atoms with Crippen LogP contribution in [0.15, 0.2) is 279 Å². The molecule has 0 fully saturated rings. The summed E-state index contributed by atoms with van der Waals surface area (Å²) in [5.74, 6) is -15.6. The molecule has 0 spiro atoms. The normalized spacial score (nSPS) is 12.5. The van der Waals surface area contributed by atoms with Gasteiger partial charge < -0.3 is 38.2 Å². The van der Waals surface area contributed by atoms with Crippen molar-refractivity contribution in [1.29, 1.82) is 0 Å². The molecule has 15 rings (SSSR count). The quantitative estimate of drug-likeness (QED) is 0.0314. The van der Waals surface area contributed by atoms with Gasteiger partial charge in [0.15, 0.2) is 6.54 Å². The molecular formula is C94H62F24N8O6. The van der Waals surface area contributed by atoms with Crippen LogP contribution < -0.4 is 48.1 Å². The smallest absolute Gasteiger partial charge is 0.419 e. The lowest BCUT2D eigenvalue weighted by atomic mass is 9.90. The number of aromatic nitrogens is 6. The summed E-state index contributed by atoms with van der Waals surface area (Å²) in [6.07, 6.45) is -32.5. The van der Waals surface area contributed by atoms with Crippen molar-refractivity contribution >= 4 is 56.2 Å². The van der Waals surface area contributed by atoms with Crippen molar-refractivity contribution in [3.05, 3.63) is 347 Å². The highest BCUT2D eigenvalue weighted by Crippen LogP contribution is 2.48. The van der Waals surface area contributed by atoms with E-state index in [9.17, 15) is 79.0 Å². The van der Waals surface area contributed by atoms with Crippen LogP contribution in [-0.4, -0.2) is 59.7 Å². The Kier molecular flexibility index (Phi) is 25.6. The summed E-state index contributed by atoms with van der Waals surface area (Å²) in [7, 11) is 0. The van der Waals surface area contributed by atoms with E-state index in [4.69, 9.17) is 48.8 Å². The molecule has 0 aliphatic carbocycles. The third-order valence-corrected chi connectivity index (χ3v) is 20.8. The fourth-order valence-electron chi connectivity index (χ4n) is 14.4. The number of benzene rings is 13. The standard InChI is InChI=1S/C94H62F24N8O6/c95-75-35-29-63(41-69(75)89(101,102)103)127-49-87(50-128-64-30-36-76(96)70(42-64)90(104,105)106,51-129-65-31-37-77(97)71(43-65)91(107,108)109)47-123-119-83-81(55-21-25-61(26-22-55)125(57-13-5-1-6-14-57)58-15-7-2-8-16-58)84-86(82(85(83)121-123)56-23-27-62(28-24-56)126(59-17-9-3-10-18-59)60-19-11-4-12-20-60)122-124(120-84)48-88(52-130-66-32-38-78(98)72(44-66)92(110,111)112,53-131-67-33-39-79(99)73(45-67)93(113,114)115)54-132-68-34-40-80(100)74(46-68)94(116,117)118/h1-46H,47-54H2. The Bertz CT molecular complexity index is 5770. The maximum absolute atomic E-state index is 15.1. The van der Waals surface area contributed by atoms with Gasteiger partial charge in [-0.15, -0.1) is 0 Å². The summed E-state index contributed by atoms with van der Waals surface area (Å²) in [6, 6.07) is 55.9. The SMILES string of the molecule is Fc1ccc(OCC(COc2ccc(F)c(C(F)(F)F)c2)(COc2ccc(F)c(C(F)(F)F)c2)Cn2nc3c(-c4ccc(N(c5ccccc5)c5ccccc5)cc4)c4n[n+](CC(COc5ccc(F)c(C(F)(F)F)c5)(COc5ccc(F)c(C(F)(F)F)c5)COc5ccc(F)c(C(F)(F)F)c5)[n-]c4c(-c4ccc(N(c5ccccc5)c5ccccc5)cc4)c3n2)cc1C(F)(F)F. The highest BCUT2D eigenvalue weighted by Gasteiger charge is 2.45. The molecule has 0 atom stereocenters. The number of rotatable bonds is 30. The molecule has 2 aromatic heterocycles. The van der Waals surface area contributed by atoms with Gasteiger partial charge in [0, 0.05) is 56.3 Å². The topological polar surface area (TPSA) is 123 Å². The van der Waals surface area contributed by atoms with Crippen molar-refractivity contribution in [3.8, 4) is 56.8 Å². The molecule has 38 heteroatoms. The van der Waals surface area contributed by atoms with E-state index < -0.39 is 203 Å². The van der Waals surface area contributed by atoms with Crippen LogP contribution in [0.25, 0.3) is 44.3 Å². The third kappa shape index (κ3) is 20.8. The van der Waals surface area contributed by atoms with Crippen LogP contribution in [-0.2, 0) is 50.1 Å². The predicted octanol–water partition coefficient (Wildman–Crippen LogP) is 25.9. The van der Waals surface area contributed by atoms with Crippen molar-refractivity contribution in [3.63, 3.8) is 0 Å². The molecule has 14 nitrogen and oxygen atoms in total. The molecule has 132 heavy (non-hydrogen) atoms. The van der Waals surface area contributed by atoms with Gasteiger partial charge in [-0.05, 0) is 193 Å². The van der Waals surface area contributed by atoms with Gasteiger partial charge in [-0.3, -0.25) is 0 Å². The van der Waals surface area contributed by atoms with E-state index in [1.165, 1.54) is 0 Å². The zero-order valence-corrected chi connectivity index (χ0v) is 67.3. The number of para-hydroxylation sites is 4. The lowest BCUT2D eigenvalue weighted by Gasteiger charge is -2.33. The number of ether oxygens (including phenoxy) is 6. The summed E-state index contributed by atoms with van der Waals surface area (Å²) in [4.78, 5) is 5.40. The second-order valence-corrected chi connectivity index (χ2v) is 30.3. The Labute approximate surface area is 731 Å². The second-order valence-electron chi connectivity index (χ2n) is 30.3. The van der Waals surface area contributed by atoms with E-state index in [2.05, 4.69) is 0 Å². The number of hydrogen-bond acceptors (Lipinski definition) is 11. The summed E-state index contributed by atoms with van der Waals surface area (Å²) < 4.78 is 390. The fourth-order valence-corrected chi connectivity index (χ4v) is 14.4. The van der Waals surface area contributed by atoms with Gasteiger partial charge in [0.1, 0.15) is 125 Å². The van der Waals surface area contributed by atoms with Gasteiger partial charge in [-0.1, -0.05) is 97.1 Å². The molecule has 0 aliphatic rings. The number of nitrogens with zero attached hydrogens (tertiary/aromatic N) is 8. The molecule has 0 saturated heterocycles. The summed E-state index contributed by atoms with van der Waals surface area (Å²) >= 11 is 0. The first-order valence-electron chi connectivity index (χ1n) is 39.2. The number of anilines is 6. The Morgan fingerprint density at radius 2 is 0.508 bits per heavy atom. The minimum Gasteiger partial charge on any atom is -0.493 e. The molecule has 0 saturated carbocycles. The van der Waals surface area contributed by atoms with Crippen LogP contribution in [0.4, 0.5) is 139 Å². The lowest BCUT2D eigenvalue weighted by Crippen LogP contribution is -2.55. The maximum atomic E-state index is 15.1. The maximum Gasteiger partial charge on any atom is 0.419 e. The number of halogens is 24. The lowest BCUT2D eigenvalue weighted by molar-refractivity contribution is -0.814. The molecule has 0 aliphatic heterocycles. The molecule has 0 amide bonds. The Hall–Kier alpha value is -14.6. The molecule has 0 N–H and O–H groups in total. The van der Waals surface area contributed by atoms with Gasteiger partial charge in [-0.25, -0.2) is 26.3 Å². The van der Waals surface area contributed by atoms with Crippen molar-refractivity contribution < 1.29 is 139 Å². The van der Waals surface area contributed by atoms with Gasteiger partial charge in [-0.2, -0.15) is 109 Å². The molecule has 0 bridgehead atoms. The van der Waals surface area contributed by atoms with Crippen LogP contribution in [0.5, 0.6) is 34.5 Å². The molecule has 0 unspecified atom stereocenters. The minimum atomic E-state index is -5.42. The first kappa shape index (κ1) is 92.1. The zero-order chi connectivity index (χ0) is 94.0. The van der Waals surface area contributed by atoms with Crippen molar-refractivity contribution in [2.24, 2.45) is 10.8 Å². The van der Waals surface area contributed by atoms with Gasteiger partial charge >= 0.3 is 37.1 Å². The van der Waals surface area contributed by atoms with Crippen molar-refractivity contribution in [2.75, 3.05) is 49.4 Å². The predicted molar refractivity (Wildman–Crippen MR) is 433 cm³/mol. The van der Waals surface area contributed by atoms with Gasteiger partial charge in [0.2, 0.25) is 0 Å². The Morgan fingerprint density at radius 1 is 0.273 bits per heavy atom. The zero-order valence-electron chi connectivity index (χ0n) is 67.3. The van der Waals surface area contributed by atoms with Crippen molar-refractivity contribution in [2.45, 2.75) is 50.1 Å². The minimum absolute atomic E-state index is 0.107.